The second-order valence-electron chi connectivity index (χ2n) is 5.35. The van der Waals surface area contributed by atoms with Crippen LogP contribution in [-0.2, 0) is 6.42 Å². The number of rotatable bonds is 3. The lowest BCUT2D eigenvalue weighted by Crippen LogP contribution is -2.12. The summed E-state index contributed by atoms with van der Waals surface area (Å²) in [6.07, 6.45) is 0.272. The van der Waals surface area contributed by atoms with Crippen molar-refractivity contribution in [2.75, 3.05) is 25.6 Å². The van der Waals surface area contributed by atoms with Crippen LogP contribution in [0.15, 0.2) is 36.4 Å². The second kappa shape index (κ2) is 5.58. The molecule has 2 aromatic carbocycles. The van der Waals surface area contributed by atoms with Crippen LogP contribution in [-0.4, -0.2) is 25.8 Å². The Bertz CT molecular complexity index is 672. The van der Waals surface area contributed by atoms with Gasteiger partial charge in [0.1, 0.15) is 11.9 Å². The van der Waals surface area contributed by atoms with Gasteiger partial charge in [-0.3, -0.25) is 0 Å². The third-order valence-corrected chi connectivity index (χ3v) is 4.27. The van der Waals surface area contributed by atoms with Crippen LogP contribution in [0.25, 0.3) is 0 Å². The zero-order valence-electron chi connectivity index (χ0n) is 12.1. The van der Waals surface area contributed by atoms with E-state index >= 15 is 0 Å². The van der Waals surface area contributed by atoms with Gasteiger partial charge < -0.3 is 14.7 Å². The number of aliphatic hydroxyl groups is 1. The lowest BCUT2D eigenvalue weighted by atomic mass is 9.98. The molecule has 1 heterocycles. The number of hydrogen-bond donors (Lipinski definition) is 1. The molecule has 0 aliphatic carbocycles. The van der Waals surface area contributed by atoms with Crippen LogP contribution in [0.3, 0.4) is 0 Å². The minimum absolute atomic E-state index is 0.589. The third kappa shape index (κ3) is 2.59. The Morgan fingerprint density at radius 3 is 2.81 bits per heavy atom. The predicted octanol–water partition coefficient (Wildman–Crippen LogP) is 3.42. The molecule has 0 fully saturated rings. The summed E-state index contributed by atoms with van der Waals surface area (Å²) in [5.74, 6) is 0.643. The molecule has 1 atom stereocenters. The Morgan fingerprint density at radius 1 is 1.24 bits per heavy atom. The van der Waals surface area contributed by atoms with E-state index in [1.807, 2.05) is 6.07 Å². The molecule has 110 valence electrons. The Hall–Kier alpha value is -1.71. The summed E-state index contributed by atoms with van der Waals surface area (Å²) >= 11 is 6.04. The fourth-order valence-electron chi connectivity index (χ4n) is 2.86. The number of fused-ring (bicyclic) bond motifs is 1. The van der Waals surface area contributed by atoms with Gasteiger partial charge in [0.05, 0.1) is 7.11 Å². The smallest absolute Gasteiger partial charge is 0.125 e. The molecule has 0 radical (unpaired) electrons. The van der Waals surface area contributed by atoms with E-state index in [4.69, 9.17) is 16.3 Å². The molecule has 1 aliphatic rings. The van der Waals surface area contributed by atoms with Gasteiger partial charge in [0.25, 0.3) is 0 Å². The molecule has 0 saturated heterocycles. The van der Waals surface area contributed by atoms with Gasteiger partial charge in [-0.15, -0.1) is 0 Å². The normalized spacial score (nSPS) is 15.0. The molecular formula is C17H18ClNO2. The maximum atomic E-state index is 10.7. The van der Waals surface area contributed by atoms with E-state index in [0.717, 1.165) is 18.5 Å². The van der Waals surface area contributed by atoms with Gasteiger partial charge in [0.15, 0.2) is 0 Å². The van der Waals surface area contributed by atoms with Crippen molar-refractivity contribution in [1.29, 1.82) is 0 Å². The first-order valence-electron chi connectivity index (χ1n) is 6.95. The van der Waals surface area contributed by atoms with Gasteiger partial charge in [-0.25, -0.2) is 0 Å². The second-order valence-corrected chi connectivity index (χ2v) is 5.78. The number of likely N-dealkylation sites (N-methyl/N-ethyl adjacent to an activating group) is 1. The molecule has 0 amide bonds. The van der Waals surface area contributed by atoms with Crippen LogP contribution in [0.5, 0.6) is 5.75 Å². The van der Waals surface area contributed by atoms with Crippen molar-refractivity contribution in [3.63, 3.8) is 0 Å². The summed E-state index contributed by atoms with van der Waals surface area (Å²) in [6.45, 7) is 1.02. The van der Waals surface area contributed by atoms with Gasteiger partial charge in [-0.1, -0.05) is 23.7 Å². The SMILES string of the molecule is COc1ccc(Cl)cc1C(O)c1ccc2c(c1)CCN2C. The average molecular weight is 304 g/mol. The third-order valence-electron chi connectivity index (χ3n) is 4.03. The van der Waals surface area contributed by atoms with Gasteiger partial charge >= 0.3 is 0 Å². The van der Waals surface area contributed by atoms with Crippen LogP contribution < -0.4 is 9.64 Å². The average Bonchev–Trinajstić information content (AvgIpc) is 2.87. The number of ether oxygens (including phenoxy) is 1. The van der Waals surface area contributed by atoms with Crippen molar-refractivity contribution >= 4 is 17.3 Å². The molecule has 3 rings (SSSR count). The topological polar surface area (TPSA) is 32.7 Å². The molecule has 2 aromatic rings. The van der Waals surface area contributed by atoms with Crippen LogP contribution in [0.4, 0.5) is 5.69 Å². The highest BCUT2D eigenvalue weighted by molar-refractivity contribution is 6.30. The first kappa shape index (κ1) is 14.2. The lowest BCUT2D eigenvalue weighted by molar-refractivity contribution is 0.214. The minimum atomic E-state index is -0.741. The highest BCUT2D eigenvalue weighted by atomic mass is 35.5. The number of methoxy groups -OCH3 is 1. The summed E-state index contributed by atoms with van der Waals surface area (Å²) in [7, 11) is 3.68. The van der Waals surface area contributed by atoms with Crippen molar-refractivity contribution in [1.82, 2.24) is 0 Å². The zero-order valence-corrected chi connectivity index (χ0v) is 12.9. The van der Waals surface area contributed by atoms with Crippen molar-refractivity contribution in [2.24, 2.45) is 0 Å². The number of benzene rings is 2. The highest BCUT2D eigenvalue weighted by Gasteiger charge is 2.20. The van der Waals surface area contributed by atoms with E-state index in [1.165, 1.54) is 11.3 Å². The quantitative estimate of drug-likeness (QED) is 0.943. The molecule has 21 heavy (non-hydrogen) atoms. The van der Waals surface area contributed by atoms with E-state index in [0.29, 0.717) is 16.3 Å². The fraction of sp³-hybridized carbons (Fsp3) is 0.294. The monoisotopic (exact) mass is 303 g/mol. The van der Waals surface area contributed by atoms with Crippen molar-refractivity contribution < 1.29 is 9.84 Å². The Kier molecular flexibility index (Phi) is 3.79. The number of aliphatic hydroxyl groups excluding tert-OH is 1. The summed E-state index contributed by atoms with van der Waals surface area (Å²) in [4.78, 5) is 2.23. The van der Waals surface area contributed by atoms with Crippen molar-refractivity contribution in [2.45, 2.75) is 12.5 Å². The van der Waals surface area contributed by atoms with E-state index < -0.39 is 6.10 Å². The molecule has 0 bridgehead atoms. The van der Waals surface area contributed by atoms with E-state index in [9.17, 15) is 5.11 Å². The standard InChI is InChI=1S/C17H18ClNO2/c1-19-8-7-11-9-12(3-5-15(11)19)17(20)14-10-13(18)4-6-16(14)21-2/h3-6,9-10,17,20H,7-8H2,1-2H3. The lowest BCUT2D eigenvalue weighted by Gasteiger charge is -2.17. The summed E-state index contributed by atoms with van der Waals surface area (Å²) in [5, 5.41) is 11.3. The molecule has 3 nitrogen and oxygen atoms in total. The van der Waals surface area contributed by atoms with Gasteiger partial charge in [0, 0.05) is 29.9 Å². The molecule has 0 spiro atoms. The molecule has 1 unspecified atom stereocenters. The molecule has 1 N–H and O–H groups in total. The van der Waals surface area contributed by atoms with Crippen LogP contribution in [0.2, 0.25) is 5.02 Å². The van der Waals surface area contributed by atoms with Gasteiger partial charge in [-0.2, -0.15) is 0 Å². The largest absolute Gasteiger partial charge is 0.496 e. The molecule has 4 heteroatoms. The predicted molar refractivity (Wildman–Crippen MR) is 85.5 cm³/mol. The minimum Gasteiger partial charge on any atom is -0.496 e. The maximum Gasteiger partial charge on any atom is 0.125 e. The Labute approximate surface area is 129 Å². The molecule has 0 aromatic heterocycles. The molecular weight excluding hydrogens is 286 g/mol. The van der Waals surface area contributed by atoms with Crippen molar-refractivity contribution in [3.05, 3.63) is 58.1 Å². The van der Waals surface area contributed by atoms with Crippen LogP contribution >= 0.6 is 11.6 Å². The van der Waals surface area contributed by atoms with Crippen LogP contribution in [0.1, 0.15) is 22.8 Å². The summed E-state index contributed by atoms with van der Waals surface area (Å²) < 4.78 is 5.33. The zero-order chi connectivity index (χ0) is 15.0. The molecule has 0 saturated carbocycles. The van der Waals surface area contributed by atoms with E-state index in [1.54, 1.807) is 25.3 Å². The number of hydrogen-bond acceptors (Lipinski definition) is 3. The fourth-order valence-corrected chi connectivity index (χ4v) is 3.04. The van der Waals surface area contributed by atoms with Gasteiger partial charge in [-0.05, 0) is 41.8 Å². The maximum absolute atomic E-state index is 10.7. The first-order valence-corrected chi connectivity index (χ1v) is 7.33. The number of anilines is 1. The van der Waals surface area contributed by atoms with Crippen molar-refractivity contribution in [3.8, 4) is 5.75 Å². The number of halogens is 1. The molecule has 1 aliphatic heterocycles. The van der Waals surface area contributed by atoms with E-state index in [2.05, 4.69) is 24.1 Å². The van der Waals surface area contributed by atoms with Gasteiger partial charge in [0.2, 0.25) is 0 Å². The number of nitrogens with zero attached hydrogens (tertiary/aromatic N) is 1. The summed E-state index contributed by atoms with van der Waals surface area (Å²) in [5.41, 5.74) is 4.07. The Morgan fingerprint density at radius 2 is 2.05 bits per heavy atom. The highest BCUT2D eigenvalue weighted by Crippen LogP contribution is 2.35. The van der Waals surface area contributed by atoms with Crippen LogP contribution in [0, 0.1) is 0 Å². The Balaban J connectivity index is 1.99. The van der Waals surface area contributed by atoms with E-state index in [-0.39, 0.29) is 0 Å². The first-order chi connectivity index (χ1) is 10.1. The summed E-state index contributed by atoms with van der Waals surface area (Å²) in [6, 6.07) is 11.4.